The van der Waals surface area contributed by atoms with Gasteiger partial charge < -0.3 is 10.2 Å². The Morgan fingerprint density at radius 3 is 2.50 bits per heavy atom. The first-order valence-electron chi connectivity index (χ1n) is 7.45. The van der Waals surface area contributed by atoms with Crippen molar-refractivity contribution in [2.24, 2.45) is 0 Å². The van der Waals surface area contributed by atoms with Gasteiger partial charge in [-0.15, -0.1) is 0 Å². The number of carbonyl (C=O) groups excluding carboxylic acids is 2. The summed E-state index contributed by atoms with van der Waals surface area (Å²) >= 11 is 6.05. The molecule has 0 fully saturated rings. The molecule has 0 bridgehead atoms. The maximum absolute atomic E-state index is 12.5. The van der Waals surface area contributed by atoms with Gasteiger partial charge in [0.1, 0.15) is 5.82 Å². The predicted molar refractivity (Wildman–Crippen MR) is 93.5 cm³/mol. The number of carbonyl (C=O) groups is 2. The van der Waals surface area contributed by atoms with E-state index in [0.717, 1.165) is 0 Å². The summed E-state index contributed by atoms with van der Waals surface area (Å²) in [5, 5.41) is 2.87. The molecule has 2 aromatic rings. The third kappa shape index (κ3) is 3.89. The Hall–Kier alpha value is -2.47. The molecule has 7 heteroatoms. The molecule has 2 amide bonds. The highest BCUT2D eigenvalue weighted by Gasteiger charge is 2.19. The van der Waals surface area contributed by atoms with E-state index in [1.54, 1.807) is 38.4 Å². The van der Waals surface area contributed by atoms with Crippen molar-refractivity contribution in [2.75, 3.05) is 19.4 Å². The summed E-state index contributed by atoms with van der Waals surface area (Å²) in [4.78, 5) is 34.5. The van der Waals surface area contributed by atoms with Crippen molar-refractivity contribution in [3.63, 3.8) is 0 Å². The molecule has 0 saturated carbocycles. The number of benzene rings is 1. The van der Waals surface area contributed by atoms with E-state index in [-0.39, 0.29) is 22.5 Å². The molecule has 1 heterocycles. The van der Waals surface area contributed by atoms with Gasteiger partial charge in [0.15, 0.2) is 5.69 Å². The second-order valence-electron chi connectivity index (χ2n) is 5.78. The largest absolute Gasteiger partial charge is 0.345 e. The molecule has 1 aromatic heterocycles. The fourth-order valence-corrected chi connectivity index (χ4v) is 2.20. The zero-order chi connectivity index (χ0) is 17.9. The Labute approximate surface area is 145 Å². The highest BCUT2D eigenvalue weighted by Crippen LogP contribution is 2.20. The van der Waals surface area contributed by atoms with E-state index < -0.39 is 5.91 Å². The van der Waals surface area contributed by atoms with Gasteiger partial charge in [-0.05, 0) is 12.1 Å². The van der Waals surface area contributed by atoms with Gasteiger partial charge in [0.05, 0.1) is 22.5 Å². The first kappa shape index (κ1) is 17.9. The van der Waals surface area contributed by atoms with Gasteiger partial charge in [0.2, 0.25) is 0 Å². The van der Waals surface area contributed by atoms with Crippen LogP contribution in [0.4, 0.5) is 5.69 Å². The molecular weight excluding hydrogens is 328 g/mol. The van der Waals surface area contributed by atoms with Crippen molar-refractivity contribution in [3.8, 4) is 0 Å². The monoisotopic (exact) mass is 346 g/mol. The van der Waals surface area contributed by atoms with Gasteiger partial charge in [-0.2, -0.15) is 0 Å². The van der Waals surface area contributed by atoms with Gasteiger partial charge in [-0.3, -0.25) is 9.59 Å². The normalized spacial score (nSPS) is 10.6. The molecule has 0 unspecified atom stereocenters. The second-order valence-corrected chi connectivity index (χ2v) is 6.19. The summed E-state index contributed by atoms with van der Waals surface area (Å²) in [6.45, 7) is 3.85. The average Bonchev–Trinajstić information content (AvgIpc) is 2.54. The summed E-state index contributed by atoms with van der Waals surface area (Å²) in [5.41, 5.74) is 0.884. The van der Waals surface area contributed by atoms with Crippen LogP contribution in [0.3, 0.4) is 0 Å². The number of nitrogens with one attached hydrogen (secondary N) is 1. The van der Waals surface area contributed by atoms with Crippen LogP contribution in [0.2, 0.25) is 5.02 Å². The first-order valence-corrected chi connectivity index (χ1v) is 7.83. The van der Waals surface area contributed by atoms with Crippen LogP contribution in [0.5, 0.6) is 0 Å². The maximum atomic E-state index is 12.5. The molecular formula is C17H19ClN4O2. The van der Waals surface area contributed by atoms with Gasteiger partial charge in [0, 0.05) is 20.0 Å². The fraction of sp³-hybridized carbons (Fsp3) is 0.294. The number of hydrogen-bond acceptors (Lipinski definition) is 4. The SMILES string of the molecule is CC(C)c1ncc(Cl)c(C(=O)Nc2ccccc2C(=O)N(C)C)n1. The third-order valence-electron chi connectivity index (χ3n) is 3.31. The van der Waals surface area contributed by atoms with E-state index in [1.807, 2.05) is 13.8 Å². The van der Waals surface area contributed by atoms with Crippen LogP contribution in [-0.4, -0.2) is 40.8 Å². The van der Waals surface area contributed by atoms with Crippen LogP contribution >= 0.6 is 11.6 Å². The maximum Gasteiger partial charge on any atom is 0.275 e. The van der Waals surface area contributed by atoms with Crippen LogP contribution in [0, 0.1) is 0 Å². The minimum atomic E-state index is -0.483. The number of anilines is 1. The van der Waals surface area contributed by atoms with Crippen molar-refractivity contribution < 1.29 is 9.59 Å². The number of halogens is 1. The Balaban J connectivity index is 2.34. The standard InChI is InChI=1S/C17H19ClN4O2/c1-10(2)15-19-9-12(18)14(21-15)16(23)20-13-8-6-5-7-11(13)17(24)22(3)4/h5-10H,1-4H3,(H,20,23). The lowest BCUT2D eigenvalue weighted by molar-refractivity contribution is 0.0828. The topological polar surface area (TPSA) is 75.2 Å². The van der Waals surface area contributed by atoms with E-state index in [4.69, 9.17) is 11.6 Å². The van der Waals surface area contributed by atoms with Crippen LogP contribution in [0.25, 0.3) is 0 Å². The first-order chi connectivity index (χ1) is 11.3. The number of para-hydroxylation sites is 1. The van der Waals surface area contributed by atoms with Crippen molar-refractivity contribution in [1.29, 1.82) is 0 Å². The van der Waals surface area contributed by atoms with Gasteiger partial charge >= 0.3 is 0 Å². The van der Waals surface area contributed by atoms with Crippen LogP contribution < -0.4 is 5.32 Å². The molecule has 6 nitrogen and oxygen atoms in total. The Morgan fingerprint density at radius 2 is 1.88 bits per heavy atom. The van der Waals surface area contributed by atoms with Crippen molar-refractivity contribution >= 4 is 29.1 Å². The zero-order valence-corrected chi connectivity index (χ0v) is 14.8. The molecule has 0 aliphatic heterocycles. The summed E-state index contributed by atoms with van der Waals surface area (Å²) in [6, 6.07) is 6.79. The number of aromatic nitrogens is 2. The van der Waals surface area contributed by atoms with Crippen LogP contribution in [0.15, 0.2) is 30.5 Å². The molecule has 0 spiro atoms. The molecule has 0 aliphatic carbocycles. The number of rotatable bonds is 4. The lowest BCUT2D eigenvalue weighted by atomic mass is 10.1. The summed E-state index contributed by atoms with van der Waals surface area (Å²) in [6.07, 6.45) is 1.41. The van der Waals surface area contributed by atoms with E-state index in [0.29, 0.717) is 17.1 Å². The summed E-state index contributed by atoms with van der Waals surface area (Å²) < 4.78 is 0. The molecule has 0 saturated heterocycles. The molecule has 0 atom stereocenters. The highest BCUT2D eigenvalue weighted by molar-refractivity contribution is 6.34. The molecule has 0 radical (unpaired) electrons. The van der Waals surface area contributed by atoms with Crippen molar-refractivity contribution in [2.45, 2.75) is 19.8 Å². The number of nitrogens with zero attached hydrogens (tertiary/aromatic N) is 3. The molecule has 0 aliphatic rings. The van der Waals surface area contributed by atoms with Gasteiger partial charge in [-0.25, -0.2) is 9.97 Å². The minimum Gasteiger partial charge on any atom is -0.345 e. The third-order valence-corrected chi connectivity index (χ3v) is 3.58. The lowest BCUT2D eigenvalue weighted by Gasteiger charge is -2.15. The number of hydrogen-bond donors (Lipinski definition) is 1. The Kier molecular flexibility index (Phi) is 5.51. The predicted octanol–water partition coefficient (Wildman–Crippen LogP) is 3.21. The molecule has 2 rings (SSSR count). The Bertz CT molecular complexity index is 775. The van der Waals surface area contributed by atoms with Crippen LogP contribution in [0.1, 0.15) is 46.4 Å². The molecule has 24 heavy (non-hydrogen) atoms. The zero-order valence-electron chi connectivity index (χ0n) is 14.0. The summed E-state index contributed by atoms with van der Waals surface area (Å²) in [7, 11) is 3.30. The molecule has 1 aromatic carbocycles. The molecule has 126 valence electrons. The van der Waals surface area contributed by atoms with Gasteiger partial charge in [0.25, 0.3) is 11.8 Å². The van der Waals surface area contributed by atoms with E-state index in [2.05, 4.69) is 15.3 Å². The Morgan fingerprint density at radius 1 is 1.21 bits per heavy atom. The van der Waals surface area contributed by atoms with Crippen molar-refractivity contribution in [1.82, 2.24) is 14.9 Å². The molecule has 1 N–H and O–H groups in total. The fourth-order valence-electron chi connectivity index (χ4n) is 2.02. The average molecular weight is 347 g/mol. The summed E-state index contributed by atoms with van der Waals surface area (Å²) in [5.74, 6) is -0.0931. The highest BCUT2D eigenvalue weighted by atomic mass is 35.5. The van der Waals surface area contributed by atoms with E-state index >= 15 is 0 Å². The minimum absolute atomic E-state index is 0.0661. The quantitative estimate of drug-likeness (QED) is 0.922. The number of amides is 2. The van der Waals surface area contributed by atoms with Gasteiger partial charge in [-0.1, -0.05) is 37.6 Å². The van der Waals surface area contributed by atoms with E-state index in [9.17, 15) is 9.59 Å². The smallest absolute Gasteiger partial charge is 0.275 e. The van der Waals surface area contributed by atoms with E-state index in [1.165, 1.54) is 11.1 Å². The second kappa shape index (κ2) is 7.40. The van der Waals surface area contributed by atoms with Crippen molar-refractivity contribution in [3.05, 3.63) is 52.6 Å². The lowest BCUT2D eigenvalue weighted by Crippen LogP contribution is -2.24. The van der Waals surface area contributed by atoms with Crippen LogP contribution in [-0.2, 0) is 0 Å².